The lowest BCUT2D eigenvalue weighted by atomic mass is 10.2. The van der Waals surface area contributed by atoms with E-state index in [0.29, 0.717) is 0 Å². The van der Waals surface area contributed by atoms with Crippen LogP contribution in [0.2, 0.25) is 15.1 Å². The van der Waals surface area contributed by atoms with Crippen LogP contribution in [0.4, 0.5) is 14.5 Å². The van der Waals surface area contributed by atoms with Crippen molar-refractivity contribution in [2.45, 2.75) is 19.6 Å². The van der Waals surface area contributed by atoms with Gasteiger partial charge < -0.3 is 14.9 Å². The summed E-state index contributed by atoms with van der Waals surface area (Å²) in [5.41, 5.74) is 0.518. The average Bonchev–Trinajstić information content (AvgIpc) is 2.60. The molecule has 0 aliphatic heterocycles. The van der Waals surface area contributed by atoms with Crippen LogP contribution < -0.4 is 10.1 Å². The van der Waals surface area contributed by atoms with Gasteiger partial charge in [0, 0.05) is 5.56 Å². The summed E-state index contributed by atoms with van der Waals surface area (Å²) in [4.78, 5) is 17.2. The van der Waals surface area contributed by atoms with Gasteiger partial charge in [0.15, 0.2) is 0 Å². The number of alkyl halides is 2. The van der Waals surface area contributed by atoms with Gasteiger partial charge in [-0.1, -0.05) is 52.1 Å². The van der Waals surface area contributed by atoms with Gasteiger partial charge in [0.2, 0.25) is 6.10 Å². The summed E-state index contributed by atoms with van der Waals surface area (Å²) in [6, 6.07) is 8.80. The molecular formula is C17H13Cl3F2N2O3. The Bertz CT molecular complexity index is 850. The molecule has 2 aromatic rings. The molecule has 1 N–H and O–H groups in total. The third kappa shape index (κ3) is 6.23. The van der Waals surface area contributed by atoms with Crippen LogP contribution in [-0.4, -0.2) is 24.8 Å². The Balaban J connectivity index is 1.99. The highest BCUT2D eigenvalue weighted by atomic mass is 35.5. The fraction of sp³-hybridized carbons (Fsp3) is 0.176. The quantitative estimate of drug-likeness (QED) is 0.347. The molecule has 0 aromatic heterocycles. The molecule has 0 radical (unpaired) electrons. The summed E-state index contributed by atoms with van der Waals surface area (Å²) in [5, 5.41) is 6.83. The number of hydrogen-bond acceptors (Lipinski definition) is 4. The minimum atomic E-state index is -2.97. The zero-order valence-electron chi connectivity index (χ0n) is 13.8. The summed E-state index contributed by atoms with van der Waals surface area (Å²) < 4.78 is 29.1. The Kier molecular flexibility index (Phi) is 7.65. The van der Waals surface area contributed by atoms with Gasteiger partial charge in [0.25, 0.3) is 5.91 Å². The Hall–Kier alpha value is -2.09. The first-order valence-corrected chi connectivity index (χ1v) is 8.59. The second-order valence-electron chi connectivity index (χ2n) is 5.13. The lowest BCUT2D eigenvalue weighted by Crippen LogP contribution is -2.26. The first kappa shape index (κ1) is 21.2. The standard InChI is InChI=1S/C17H13Cl3F2N2O3/c1-9(16(25)24-14-7-12(19)11(18)6-13(14)20)27-23-8-10-4-2-3-5-15(10)26-17(21)22/h2-9,17H,1H3,(H,24,25)/b23-8-/t9-/m0/s1. The largest absolute Gasteiger partial charge is 0.434 e. The van der Waals surface area contributed by atoms with Gasteiger partial charge in [0.1, 0.15) is 5.75 Å². The van der Waals surface area contributed by atoms with Crippen molar-refractivity contribution in [3.8, 4) is 5.75 Å². The maximum Gasteiger partial charge on any atom is 0.387 e. The van der Waals surface area contributed by atoms with Gasteiger partial charge in [-0.05, 0) is 31.2 Å². The summed E-state index contributed by atoms with van der Waals surface area (Å²) in [6.07, 6.45) is 0.156. The third-order valence-electron chi connectivity index (χ3n) is 3.18. The van der Waals surface area contributed by atoms with E-state index in [2.05, 4.69) is 15.2 Å². The average molecular weight is 438 g/mol. The minimum Gasteiger partial charge on any atom is -0.434 e. The number of nitrogens with one attached hydrogen (secondary N) is 1. The molecule has 144 valence electrons. The lowest BCUT2D eigenvalue weighted by Gasteiger charge is -2.12. The summed E-state index contributed by atoms with van der Waals surface area (Å²) >= 11 is 17.7. The number of para-hydroxylation sites is 1. The second-order valence-corrected chi connectivity index (χ2v) is 6.36. The lowest BCUT2D eigenvalue weighted by molar-refractivity contribution is -0.126. The molecule has 10 heteroatoms. The van der Waals surface area contributed by atoms with Crippen molar-refractivity contribution in [2.24, 2.45) is 5.16 Å². The van der Waals surface area contributed by atoms with E-state index < -0.39 is 18.6 Å². The maximum absolute atomic E-state index is 12.4. The summed E-state index contributed by atoms with van der Waals surface area (Å²) in [7, 11) is 0. The van der Waals surface area contributed by atoms with Crippen molar-refractivity contribution in [1.29, 1.82) is 0 Å². The summed E-state index contributed by atoms with van der Waals surface area (Å²) in [5.74, 6) is -0.621. The third-order valence-corrected chi connectivity index (χ3v) is 4.22. The van der Waals surface area contributed by atoms with Crippen LogP contribution in [0, 0.1) is 0 Å². The van der Waals surface area contributed by atoms with Crippen molar-refractivity contribution in [3.63, 3.8) is 0 Å². The predicted octanol–water partition coefficient (Wildman–Crippen LogP) is 5.63. The smallest absolute Gasteiger partial charge is 0.387 e. The molecule has 0 heterocycles. The van der Waals surface area contributed by atoms with Crippen LogP contribution >= 0.6 is 34.8 Å². The van der Waals surface area contributed by atoms with E-state index in [-0.39, 0.29) is 32.1 Å². The number of hydrogen-bond donors (Lipinski definition) is 1. The first-order valence-electron chi connectivity index (χ1n) is 7.46. The molecule has 5 nitrogen and oxygen atoms in total. The SMILES string of the molecule is C[C@H](O/N=C\c1ccccc1OC(F)F)C(=O)Nc1cc(Cl)c(Cl)cc1Cl. The zero-order valence-corrected chi connectivity index (χ0v) is 16.0. The van der Waals surface area contributed by atoms with Gasteiger partial charge >= 0.3 is 6.61 Å². The fourth-order valence-corrected chi connectivity index (χ4v) is 2.46. The van der Waals surface area contributed by atoms with Gasteiger partial charge in [-0.15, -0.1) is 0 Å². The topological polar surface area (TPSA) is 59.9 Å². The number of rotatable bonds is 7. The number of halogens is 5. The minimum absolute atomic E-state index is 0.0699. The fourth-order valence-electron chi connectivity index (χ4n) is 1.87. The van der Waals surface area contributed by atoms with Crippen molar-refractivity contribution in [3.05, 3.63) is 57.0 Å². The van der Waals surface area contributed by atoms with E-state index in [1.165, 1.54) is 37.3 Å². The number of benzene rings is 2. The predicted molar refractivity (Wildman–Crippen MR) is 101 cm³/mol. The van der Waals surface area contributed by atoms with Crippen molar-refractivity contribution >= 4 is 52.6 Å². The van der Waals surface area contributed by atoms with Crippen LogP contribution in [0.25, 0.3) is 0 Å². The maximum atomic E-state index is 12.4. The number of anilines is 1. The molecule has 2 aromatic carbocycles. The number of nitrogens with zero attached hydrogens (tertiary/aromatic N) is 1. The Labute approximate surface area is 168 Å². The van der Waals surface area contributed by atoms with E-state index in [9.17, 15) is 13.6 Å². The zero-order chi connectivity index (χ0) is 20.0. The monoisotopic (exact) mass is 436 g/mol. The molecule has 1 amide bonds. The molecule has 1 atom stereocenters. The Morgan fingerprint density at radius 1 is 1.15 bits per heavy atom. The van der Waals surface area contributed by atoms with Crippen LogP contribution in [0.1, 0.15) is 12.5 Å². The van der Waals surface area contributed by atoms with Crippen LogP contribution in [0.15, 0.2) is 41.6 Å². The molecule has 0 aliphatic carbocycles. The van der Waals surface area contributed by atoms with Crippen molar-refractivity contribution in [2.75, 3.05) is 5.32 Å². The van der Waals surface area contributed by atoms with Gasteiger partial charge in [-0.2, -0.15) is 8.78 Å². The highest BCUT2D eigenvalue weighted by Gasteiger charge is 2.17. The normalized spacial score (nSPS) is 12.3. The van der Waals surface area contributed by atoms with E-state index in [1.807, 2.05) is 0 Å². The highest BCUT2D eigenvalue weighted by molar-refractivity contribution is 6.44. The van der Waals surface area contributed by atoms with Crippen molar-refractivity contribution in [1.82, 2.24) is 0 Å². The molecule has 0 unspecified atom stereocenters. The van der Waals surface area contributed by atoms with Crippen molar-refractivity contribution < 1.29 is 23.1 Å². The van der Waals surface area contributed by atoms with E-state index in [1.54, 1.807) is 6.07 Å². The van der Waals surface area contributed by atoms with Gasteiger partial charge in [-0.3, -0.25) is 4.79 Å². The van der Waals surface area contributed by atoms with Crippen LogP contribution in [-0.2, 0) is 9.63 Å². The van der Waals surface area contributed by atoms with Crippen LogP contribution in [0.5, 0.6) is 5.75 Å². The molecule has 0 fully saturated rings. The van der Waals surface area contributed by atoms with E-state index >= 15 is 0 Å². The first-order chi connectivity index (χ1) is 12.8. The number of amides is 1. The number of carbonyl (C=O) groups is 1. The molecule has 0 bridgehead atoms. The number of oxime groups is 1. The molecule has 2 rings (SSSR count). The Morgan fingerprint density at radius 2 is 1.81 bits per heavy atom. The molecule has 0 spiro atoms. The Morgan fingerprint density at radius 3 is 2.52 bits per heavy atom. The molecule has 27 heavy (non-hydrogen) atoms. The molecule has 0 saturated heterocycles. The molecular weight excluding hydrogens is 425 g/mol. The van der Waals surface area contributed by atoms with E-state index in [4.69, 9.17) is 39.6 Å². The van der Waals surface area contributed by atoms with Crippen LogP contribution in [0.3, 0.4) is 0 Å². The number of ether oxygens (including phenoxy) is 1. The van der Waals surface area contributed by atoms with Gasteiger partial charge in [0.05, 0.1) is 27.0 Å². The number of carbonyl (C=O) groups excluding carboxylic acids is 1. The summed E-state index contributed by atoms with van der Waals surface area (Å²) in [6.45, 7) is -1.53. The van der Waals surface area contributed by atoms with Gasteiger partial charge in [-0.25, -0.2) is 0 Å². The molecule has 0 saturated carbocycles. The highest BCUT2D eigenvalue weighted by Crippen LogP contribution is 2.32. The van der Waals surface area contributed by atoms with E-state index in [0.717, 1.165) is 6.21 Å². The second kappa shape index (κ2) is 9.73. The molecule has 0 aliphatic rings.